The highest BCUT2D eigenvalue weighted by molar-refractivity contribution is 5.97. The van der Waals surface area contributed by atoms with Crippen molar-refractivity contribution in [2.45, 2.75) is 38.7 Å². The molecule has 2 aliphatic heterocycles. The number of anilines is 1. The average molecular weight is 377 g/mol. The molecular weight excluding hydrogens is 354 g/mol. The molecule has 6 heteroatoms. The maximum Gasteiger partial charge on any atom is 0.226 e. The monoisotopic (exact) mass is 377 g/mol. The number of H-pyrrole nitrogens is 1. The van der Waals surface area contributed by atoms with E-state index in [0.29, 0.717) is 18.8 Å². The third-order valence-electron chi connectivity index (χ3n) is 5.46. The SMILES string of the molecule is Cc1nc2c(OC3CCOc4ccccc43)cc(N3CCCCC3=O)cc2[nH]1. The van der Waals surface area contributed by atoms with Crippen molar-refractivity contribution in [1.29, 1.82) is 0 Å². The van der Waals surface area contributed by atoms with E-state index in [4.69, 9.17) is 9.47 Å². The number of para-hydroxylation sites is 1. The summed E-state index contributed by atoms with van der Waals surface area (Å²) in [5.41, 5.74) is 3.61. The van der Waals surface area contributed by atoms with Gasteiger partial charge in [0.15, 0.2) is 0 Å². The Morgan fingerprint density at radius 1 is 1.25 bits per heavy atom. The molecule has 5 rings (SSSR count). The third kappa shape index (κ3) is 2.99. The number of nitrogens with zero attached hydrogens (tertiary/aromatic N) is 2. The molecular formula is C22H23N3O3. The second-order valence-electron chi connectivity index (χ2n) is 7.45. The maximum absolute atomic E-state index is 12.4. The summed E-state index contributed by atoms with van der Waals surface area (Å²) in [6.45, 7) is 3.30. The topological polar surface area (TPSA) is 67.5 Å². The van der Waals surface area contributed by atoms with E-state index in [0.717, 1.165) is 59.7 Å². The van der Waals surface area contributed by atoms with Crippen LogP contribution >= 0.6 is 0 Å². The number of nitrogens with one attached hydrogen (secondary N) is 1. The van der Waals surface area contributed by atoms with Gasteiger partial charge in [-0.2, -0.15) is 0 Å². The third-order valence-corrected chi connectivity index (χ3v) is 5.46. The van der Waals surface area contributed by atoms with Gasteiger partial charge in [-0.15, -0.1) is 0 Å². The molecule has 3 aromatic rings. The normalized spacial score (nSPS) is 19.4. The van der Waals surface area contributed by atoms with E-state index in [2.05, 4.69) is 9.97 Å². The summed E-state index contributed by atoms with van der Waals surface area (Å²) < 4.78 is 12.2. The van der Waals surface area contributed by atoms with Crippen molar-refractivity contribution in [1.82, 2.24) is 9.97 Å². The van der Waals surface area contributed by atoms with Crippen molar-refractivity contribution in [2.75, 3.05) is 18.1 Å². The minimum atomic E-state index is -0.0996. The number of rotatable bonds is 3. The van der Waals surface area contributed by atoms with Crippen LogP contribution < -0.4 is 14.4 Å². The van der Waals surface area contributed by atoms with Crippen LogP contribution in [0.2, 0.25) is 0 Å². The number of benzene rings is 2. The quantitative estimate of drug-likeness (QED) is 0.739. The zero-order chi connectivity index (χ0) is 19.1. The molecule has 144 valence electrons. The Labute approximate surface area is 163 Å². The molecule has 1 fully saturated rings. The van der Waals surface area contributed by atoms with Crippen LogP contribution in [0.15, 0.2) is 36.4 Å². The number of aromatic amines is 1. The van der Waals surface area contributed by atoms with Crippen molar-refractivity contribution in [3.05, 3.63) is 47.8 Å². The van der Waals surface area contributed by atoms with Gasteiger partial charge in [0.25, 0.3) is 0 Å². The van der Waals surface area contributed by atoms with Gasteiger partial charge in [0.05, 0.1) is 12.1 Å². The molecule has 0 bridgehead atoms. The van der Waals surface area contributed by atoms with Gasteiger partial charge in [-0.3, -0.25) is 4.79 Å². The number of ether oxygens (including phenoxy) is 2. The van der Waals surface area contributed by atoms with Crippen molar-refractivity contribution in [2.24, 2.45) is 0 Å². The summed E-state index contributed by atoms with van der Waals surface area (Å²) >= 11 is 0. The van der Waals surface area contributed by atoms with E-state index >= 15 is 0 Å². The van der Waals surface area contributed by atoms with E-state index < -0.39 is 0 Å². The number of hydrogen-bond donors (Lipinski definition) is 1. The highest BCUT2D eigenvalue weighted by Gasteiger charge is 2.26. The Morgan fingerprint density at radius 3 is 3.04 bits per heavy atom. The van der Waals surface area contributed by atoms with Gasteiger partial charge in [-0.25, -0.2) is 4.98 Å². The zero-order valence-electron chi connectivity index (χ0n) is 15.9. The van der Waals surface area contributed by atoms with Crippen LogP contribution in [-0.2, 0) is 4.79 Å². The predicted octanol–water partition coefficient (Wildman–Crippen LogP) is 4.29. The highest BCUT2D eigenvalue weighted by atomic mass is 16.5. The van der Waals surface area contributed by atoms with Crippen LogP contribution in [0.3, 0.4) is 0 Å². The van der Waals surface area contributed by atoms with Crippen LogP contribution in [0.1, 0.15) is 43.2 Å². The van der Waals surface area contributed by atoms with E-state index in [1.807, 2.05) is 48.2 Å². The van der Waals surface area contributed by atoms with Gasteiger partial charge in [-0.05, 0) is 31.9 Å². The maximum atomic E-state index is 12.4. The number of carbonyl (C=O) groups is 1. The number of carbonyl (C=O) groups excluding carboxylic acids is 1. The lowest BCUT2D eigenvalue weighted by Crippen LogP contribution is -2.35. The smallest absolute Gasteiger partial charge is 0.226 e. The lowest BCUT2D eigenvalue weighted by atomic mass is 10.0. The summed E-state index contributed by atoms with van der Waals surface area (Å²) in [5.74, 6) is 2.58. The molecule has 2 aliphatic rings. The number of aromatic nitrogens is 2. The Hall–Kier alpha value is -3.02. The first-order valence-electron chi connectivity index (χ1n) is 9.88. The zero-order valence-corrected chi connectivity index (χ0v) is 15.9. The van der Waals surface area contributed by atoms with E-state index in [1.165, 1.54) is 0 Å². The van der Waals surface area contributed by atoms with Crippen LogP contribution in [0.25, 0.3) is 11.0 Å². The van der Waals surface area contributed by atoms with Crippen molar-refractivity contribution < 1.29 is 14.3 Å². The molecule has 1 unspecified atom stereocenters. The number of imidazole rings is 1. The molecule has 6 nitrogen and oxygen atoms in total. The molecule has 3 heterocycles. The lowest BCUT2D eigenvalue weighted by Gasteiger charge is -2.29. The first-order chi connectivity index (χ1) is 13.7. The number of hydrogen-bond acceptors (Lipinski definition) is 4. The first kappa shape index (κ1) is 17.1. The van der Waals surface area contributed by atoms with Gasteiger partial charge in [0.2, 0.25) is 5.91 Å². The Kier molecular flexibility index (Phi) is 4.19. The number of aryl methyl sites for hydroxylation is 1. The average Bonchev–Trinajstić information content (AvgIpc) is 3.09. The van der Waals surface area contributed by atoms with Gasteiger partial charge in [-0.1, -0.05) is 18.2 Å². The van der Waals surface area contributed by atoms with Gasteiger partial charge >= 0.3 is 0 Å². The van der Waals surface area contributed by atoms with Gasteiger partial charge in [0, 0.05) is 36.7 Å². The fourth-order valence-corrected chi connectivity index (χ4v) is 4.10. The summed E-state index contributed by atoms with van der Waals surface area (Å²) in [7, 11) is 0. The van der Waals surface area contributed by atoms with Crippen molar-refractivity contribution in [3.63, 3.8) is 0 Å². The fraction of sp³-hybridized carbons (Fsp3) is 0.364. The number of piperidine rings is 1. The first-order valence-corrected chi connectivity index (χ1v) is 9.88. The second kappa shape index (κ2) is 6.86. The molecule has 1 N–H and O–H groups in total. The molecule has 2 aromatic carbocycles. The standard InChI is InChI=1S/C22H23N3O3/c1-14-23-17-12-15(25-10-5-4-8-21(25)26)13-20(22(17)24-14)28-19-9-11-27-18-7-3-2-6-16(18)19/h2-3,6-7,12-13,19H,4-5,8-11H2,1H3,(H,23,24). The van der Waals surface area contributed by atoms with Gasteiger partial charge < -0.3 is 19.4 Å². The van der Waals surface area contributed by atoms with Crippen LogP contribution in [0.4, 0.5) is 5.69 Å². The summed E-state index contributed by atoms with van der Waals surface area (Å²) in [4.78, 5) is 22.2. The molecule has 1 atom stereocenters. The molecule has 1 saturated heterocycles. The second-order valence-corrected chi connectivity index (χ2v) is 7.45. The molecule has 0 spiro atoms. The number of amides is 1. The molecule has 0 saturated carbocycles. The molecule has 0 radical (unpaired) electrons. The largest absolute Gasteiger partial charge is 0.493 e. The molecule has 0 aliphatic carbocycles. The van der Waals surface area contributed by atoms with Crippen LogP contribution in [-0.4, -0.2) is 29.0 Å². The molecule has 1 amide bonds. The summed E-state index contributed by atoms with van der Waals surface area (Å²) in [6, 6.07) is 12.0. The minimum absolute atomic E-state index is 0.0996. The Balaban J connectivity index is 1.56. The van der Waals surface area contributed by atoms with Crippen molar-refractivity contribution in [3.8, 4) is 11.5 Å². The summed E-state index contributed by atoms with van der Waals surface area (Å²) in [5, 5.41) is 0. The van der Waals surface area contributed by atoms with E-state index in [-0.39, 0.29) is 12.0 Å². The molecule has 28 heavy (non-hydrogen) atoms. The Morgan fingerprint density at radius 2 is 2.14 bits per heavy atom. The Bertz CT molecular complexity index is 1040. The highest BCUT2D eigenvalue weighted by Crippen LogP contribution is 2.39. The number of fused-ring (bicyclic) bond motifs is 2. The summed E-state index contributed by atoms with van der Waals surface area (Å²) in [6.07, 6.45) is 3.26. The molecule has 1 aromatic heterocycles. The minimum Gasteiger partial charge on any atom is -0.493 e. The van der Waals surface area contributed by atoms with Gasteiger partial charge in [0.1, 0.15) is 28.9 Å². The van der Waals surface area contributed by atoms with E-state index in [1.54, 1.807) is 0 Å². The predicted molar refractivity (Wildman–Crippen MR) is 107 cm³/mol. The fourth-order valence-electron chi connectivity index (χ4n) is 4.10. The van der Waals surface area contributed by atoms with Crippen molar-refractivity contribution >= 4 is 22.6 Å². The van der Waals surface area contributed by atoms with Crippen LogP contribution in [0, 0.1) is 6.92 Å². The van der Waals surface area contributed by atoms with Crippen LogP contribution in [0.5, 0.6) is 11.5 Å². The van der Waals surface area contributed by atoms with E-state index in [9.17, 15) is 4.79 Å². The lowest BCUT2D eigenvalue weighted by molar-refractivity contribution is -0.119.